The predicted octanol–water partition coefficient (Wildman–Crippen LogP) is -2.50. The second-order valence-corrected chi connectivity index (χ2v) is 8.66. The number of nitrogens with zero attached hydrogens (tertiary/aromatic N) is 1. The lowest BCUT2D eigenvalue weighted by Crippen LogP contribution is -2.37. The summed E-state index contributed by atoms with van der Waals surface area (Å²) in [5.41, 5.74) is -3.95. The van der Waals surface area contributed by atoms with E-state index in [9.17, 15) is 28.2 Å². The van der Waals surface area contributed by atoms with Gasteiger partial charge in [0, 0.05) is 12.2 Å². The molecule has 1 aliphatic heterocycles. The molecule has 1 fully saturated rings. The van der Waals surface area contributed by atoms with Crippen molar-refractivity contribution in [2.75, 3.05) is 6.56 Å². The van der Waals surface area contributed by atoms with E-state index in [2.05, 4.69) is 37.9 Å². The number of phosphoric ester groups is 1. The third-order valence-electron chi connectivity index (χ3n) is 2.33. The molecule has 0 bridgehead atoms. The highest BCUT2D eigenvalue weighted by Gasteiger charge is 2.46. The summed E-state index contributed by atoms with van der Waals surface area (Å²) in [6.45, 7) is -4.65. The van der Waals surface area contributed by atoms with Crippen molar-refractivity contribution in [2.45, 2.75) is 24.4 Å². The summed E-state index contributed by atoms with van der Waals surface area (Å²) in [7, 11) is -18.5. The number of nitrogens with one attached hydrogen (secondary N) is 1. The zero-order valence-electron chi connectivity index (χ0n) is 25.9. The SMILES string of the molecule is [2H]OC1([2H])[C@]([2H])(n2c([2H])c([2H])c(=O)n([2H])c2=O)O[C@]([2H])(C([2H])([2H])OP(=O)(O[2H])OP(=O)(O)OP(=O)(O)O[2H])[C@@]1([2H])O[2H]. The first-order valence-corrected chi connectivity index (χ1v) is 10.7. The zero-order valence-corrected chi connectivity index (χ0v) is 15.6. The Balaban J connectivity index is 2.82. The molecular formula is C9H15N2O15P3. The van der Waals surface area contributed by atoms with E-state index in [-0.39, 0.29) is 0 Å². The maximum atomic E-state index is 12.7. The summed E-state index contributed by atoms with van der Waals surface area (Å²) < 4.78 is 151. The fraction of sp³-hybridized carbons (Fsp3) is 0.556. The number of aromatic nitrogens is 2. The highest BCUT2D eigenvalue weighted by molar-refractivity contribution is 7.66. The molecule has 7 N–H and O–H groups in total. The number of phosphoric acid groups is 3. The zero-order chi connectivity index (χ0) is 33.1. The van der Waals surface area contributed by atoms with Crippen LogP contribution in [0.1, 0.15) is 17.2 Å². The number of rotatable bonds is 12. The lowest BCUT2D eigenvalue weighted by atomic mass is 10.1. The van der Waals surface area contributed by atoms with Gasteiger partial charge in [-0.2, -0.15) is 8.62 Å². The molecular weight excluding hydrogens is 469 g/mol. The molecule has 0 spiro atoms. The van der Waals surface area contributed by atoms with Gasteiger partial charge < -0.3 is 34.5 Å². The second-order valence-electron chi connectivity index (χ2n) is 4.41. The summed E-state index contributed by atoms with van der Waals surface area (Å²) in [4.78, 5) is 48.7. The van der Waals surface area contributed by atoms with Crippen LogP contribution in [0.25, 0.3) is 0 Å². The van der Waals surface area contributed by atoms with Crippen molar-refractivity contribution in [1.29, 1.82) is 5.72 Å². The quantitative estimate of drug-likeness (QED) is 0.147. The van der Waals surface area contributed by atoms with Crippen LogP contribution in [-0.2, 0) is 31.6 Å². The van der Waals surface area contributed by atoms with E-state index in [1.165, 1.54) is 0 Å². The van der Waals surface area contributed by atoms with Crippen LogP contribution in [0, 0.1) is 0 Å². The summed E-state index contributed by atoms with van der Waals surface area (Å²) in [5.74, 6) is 0. The van der Waals surface area contributed by atoms with Crippen LogP contribution in [-0.4, -0.2) is 69.9 Å². The Morgan fingerprint density at radius 3 is 2.62 bits per heavy atom. The van der Waals surface area contributed by atoms with Crippen LogP contribution in [0.3, 0.4) is 0 Å². The first kappa shape index (κ1) is 11.5. The predicted molar refractivity (Wildman–Crippen MR) is 87.1 cm³/mol. The molecule has 0 aliphatic carbocycles. The number of hydrogen-bond acceptors (Lipinski definition) is 13. The maximum absolute atomic E-state index is 12.7. The highest BCUT2D eigenvalue weighted by Crippen LogP contribution is 2.66. The number of H-pyrrole nitrogens is 1. The van der Waals surface area contributed by atoms with Crippen LogP contribution < -0.4 is 11.2 Å². The summed E-state index contributed by atoms with van der Waals surface area (Å²) >= 11 is 0. The Morgan fingerprint density at radius 2 is 2.00 bits per heavy atom. The molecule has 29 heavy (non-hydrogen) atoms. The lowest BCUT2D eigenvalue weighted by Gasteiger charge is -2.19. The molecule has 20 heteroatoms. The fourth-order valence-electron chi connectivity index (χ4n) is 1.44. The highest BCUT2D eigenvalue weighted by atomic mass is 31.3. The summed E-state index contributed by atoms with van der Waals surface area (Å²) in [6, 6.07) is -1.58. The summed E-state index contributed by atoms with van der Waals surface area (Å²) in [5, 5.41) is 7.76. The van der Waals surface area contributed by atoms with Gasteiger partial charge in [-0.15, -0.1) is 0 Å². The molecule has 7 atom stereocenters. The van der Waals surface area contributed by atoms with Gasteiger partial charge in [0.25, 0.3) is 5.56 Å². The topological polar surface area (TPSA) is 264 Å². The first-order valence-electron chi connectivity index (χ1n) is 12.4. The Labute approximate surface area is 178 Å². The monoisotopic (exact) mass is 497 g/mol. The van der Waals surface area contributed by atoms with Crippen LogP contribution in [0.5, 0.6) is 0 Å². The van der Waals surface area contributed by atoms with Gasteiger partial charge in [0.1, 0.15) is 18.2 Å². The van der Waals surface area contributed by atoms with Gasteiger partial charge in [-0.1, -0.05) is 0 Å². The van der Waals surface area contributed by atoms with Crippen LogP contribution in [0.15, 0.2) is 21.8 Å². The van der Waals surface area contributed by atoms with Gasteiger partial charge in [0.15, 0.2) is 7.62 Å². The Kier molecular flexibility index (Phi) is 3.43. The molecule has 1 aromatic heterocycles. The standard InChI is InChI=1S/C9H15N2O15P3/c12-5-1-2-11(9(15)10-5)8-7(14)6(13)4(24-8)3-23-28(19,20)26-29(21,22)25-27(16,17)18/h1-2,4,6-8,13-14H,3H2,(H,19,20)(H,21,22)(H,10,12,15)(H2,16,17,18)/t4-,6-,7?,8-/m1/s1/i1D,2D,3D2,4D,6D,7D,8D,13D,14D/hD3. The molecule has 0 aromatic carbocycles. The maximum Gasteiger partial charge on any atom is 0.490 e. The van der Waals surface area contributed by atoms with E-state index in [0.29, 0.717) is 0 Å². The van der Waals surface area contributed by atoms with E-state index >= 15 is 0 Å². The molecule has 0 radical (unpaired) electrons. The van der Waals surface area contributed by atoms with Gasteiger partial charge in [-0.05, 0) is 0 Å². The molecule has 17 nitrogen and oxygen atoms in total. The van der Waals surface area contributed by atoms with Crippen molar-refractivity contribution in [3.8, 4) is 0 Å². The van der Waals surface area contributed by atoms with Crippen molar-refractivity contribution in [3.05, 3.63) is 33.1 Å². The van der Waals surface area contributed by atoms with Crippen molar-refractivity contribution in [1.82, 2.24) is 9.54 Å². The number of ether oxygens (including phenoxy) is 1. The van der Waals surface area contributed by atoms with Crippen LogP contribution in [0.4, 0.5) is 0 Å². The molecule has 0 saturated carbocycles. The Hall–Kier alpha value is -1.03. The number of aliphatic hydroxyl groups is 2. The van der Waals surface area contributed by atoms with Gasteiger partial charge in [-0.25, -0.2) is 18.5 Å². The van der Waals surface area contributed by atoms with Crippen LogP contribution >= 0.6 is 23.5 Å². The third-order valence-corrected chi connectivity index (χ3v) is 5.92. The first-order chi connectivity index (χ1) is 18.7. The normalized spacial score (nSPS) is 47.9. The van der Waals surface area contributed by atoms with E-state index in [4.69, 9.17) is 23.0 Å². The number of aromatic amines is 1. The lowest BCUT2D eigenvalue weighted by molar-refractivity contribution is -0.0542. The average molecular weight is 497 g/mol. The van der Waals surface area contributed by atoms with Gasteiger partial charge in [-0.3, -0.25) is 18.9 Å². The van der Waals surface area contributed by atoms with E-state index in [1.54, 1.807) is 0 Å². The van der Waals surface area contributed by atoms with Crippen molar-refractivity contribution >= 4 is 23.5 Å². The molecule has 4 unspecified atom stereocenters. The molecule has 166 valence electrons. The molecule has 1 saturated heterocycles. The Bertz CT molecular complexity index is 1510. The van der Waals surface area contributed by atoms with Gasteiger partial charge >= 0.3 is 29.2 Å². The Morgan fingerprint density at radius 1 is 1.28 bits per heavy atom. The minimum atomic E-state index is -6.42. The van der Waals surface area contributed by atoms with Gasteiger partial charge in [0.05, 0.1) is 17.5 Å². The largest absolute Gasteiger partial charge is 0.490 e. The summed E-state index contributed by atoms with van der Waals surface area (Å²) in [6.07, 6.45) is -19.2. The smallest absolute Gasteiger partial charge is 0.387 e. The fourth-order valence-corrected chi connectivity index (χ4v) is 4.21. The van der Waals surface area contributed by atoms with Crippen molar-refractivity contribution < 1.29 is 73.8 Å². The molecule has 1 aliphatic rings. The van der Waals surface area contributed by atoms with Crippen LogP contribution in [0.2, 0.25) is 1.41 Å². The second kappa shape index (κ2) is 8.61. The molecule has 0 amide bonds. The van der Waals surface area contributed by atoms with E-state index in [0.717, 1.165) is 0 Å². The molecule has 2 rings (SSSR count). The minimum Gasteiger partial charge on any atom is -0.387 e. The number of hydrogen-bond donors (Lipinski definition) is 7. The molecule has 1 aromatic rings. The third kappa shape index (κ3) is 6.73. The average Bonchev–Trinajstić information content (AvgIpc) is 3.01. The minimum absolute atomic E-state index is 0.646. The van der Waals surface area contributed by atoms with Gasteiger partial charge in [0.2, 0.25) is 5.72 Å². The molecule has 2 heterocycles. The van der Waals surface area contributed by atoms with Crippen molar-refractivity contribution in [3.63, 3.8) is 0 Å². The van der Waals surface area contributed by atoms with E-state index in [1.807, 2.05) is 0 Å². The van der Waals surface area contributed by atoms with E-state index < -0.39 is 87.5 Å². The van der Waals surface area contributed by atoms with Crippen molar-refractivity contribution in [2.24, 2.45) is 0 Å².